The molecule has 0 atom stereocenters. The van der Waals surface area contributed by atoms with Gasteiger partial charge in [-0.25, -0.2) is 35.8 Å². The number of rotatable bonds is 7. The summed E-state index contributed by atoms with van der Waals surface area (Å²) >= 11 is 0. The third kappa shape index (κ3) is 6.95. The zero-order chi connectivity index (χ0) is 26.0. The van der Waals surface area contributed by atoms with E-state index in [1.165, 1.54) is 12.1 Å². The number of halogens is 6. The average Bonchev–Trinajstić information content (AvgIpc) is 3.18. The van der Waals surface area contributed by atoms with Crippen LogP contribution in [0.3, 0.4) is 0 Å². The summed E-state index contributed by atoms with van der Waals surface area (Å²) in [6.45, 7) is -0.820. The Morgan fingerprint density at radius 2 is 1.69 bits per heavy atom. The van der Waals surface area contributed by atoms with Gasteiger partial charge in [-0.1, -0.05) is 6.07 Å². The highest BCUT2D eigenvalue weighted by molar-refractivity contribution is 7.88. The van der Waals surface area contributed by atoms with Crippen molar-refractivity contribution in [3.63, 3.8) is 0 Å². The molecular weight excluding hydrogens is 504 g/mol. The van der Waals surface area contributed by atoms with Crippen molar-refractivity contribution in [2.24, 2.45) is 0 Å². The summed E-state index contributed by atoms with van der Waals surface area (Å²) in [5, 5.41) is 7.92. The van der Waals surface area contributed by atoms with Crippen LogP contribution in [0.5, 0.6) is 0 Å². The topological polar surface area (TPSA) is 105 Å². The van der Waals surface area contributed by atoms with Crippen molar-refractivity contribution in [2.75, 3.05) is 11.6 Å². The van der Waals surface area contributed by atoms with Gasteiger partial charge in [-0.3, -0.25) is 0 Å². The van der Waals surface area contributed by atoms with E-state index in [0.717, 1.165) is 18.4 Å². The number of carbonyl (C=O) groups excluding carboxylic acids is 1. The van der Waals surface area contributed by atoms with E-state index >= 15 is 0 Å². The van der Waals surface area contributed by atoms with E-state index < -0.39 is 51.9 Å². The Bertz CT molecular complexity index is 1360. The van der Waals surface area contributed by atoms with Gasteiger partial charge in [0.15, 0.2) is 17.3 Å². The van der Waals surface area contributed by atoms with Crippen molar-refractivity contribution in [3.8, 4) is 5.69 Å². The third-order valence-electron chi connectivity index (χ3n) is 4.49. The number of hydrogen-bond acceptors (Lipinski definition) is 4. The molecule has 2 amide bonds. The monoisotopic (exact) mass is 521 g/mol. The van der Waals surface area contributed by atoms with Gasteiger partial charge in [0.25, 0.3) is 0 Å². The number of benzene rings is 2. The van der Waals surface area contributed by atoms with Gasteiger partial charge >= 0.3 is 12.2 Å². The first kappa shape index (κ1) is 26.0. The van der Waals surface area contributed by atoms with Crippen LogP contribution in [0, 0.1) is 17.5 Å². The predicted octanol–water partition coefficient (Wildman–Crippen LogP) is 3.68. The molecule has 0 aliphatic rings. The first-order chi connectivity index (χ1) is 16.2. The molecule has 8 nitrogen and oxygen atoms in total. The molecule has 1 aromatic heterocycles. The number of aromatic nitrogens is 2. The van der Waals surface area contributed by atoms with Crippen molar-refractivity contribution in [1.82, 2.24) is 19.8 Å². The molecule has 0 fully saturated rings. The molecule has 15 heteroatoms. The quantitative estimate of drug-likeness (QED) is 0.413. The van der Waals surface area contributed by atoms with Crippen LogP contribution in [-0.4, -0.2) is 30.5 Å². The molecule has 0 bridgehead atoms. The van der Waals surface area contributed by atoms with Gasteiger partial charge in [0.1, 0.15) is 5.82 Å². The molecule has 0 saturated carbocycles. The van der Waals surface area contributed by atoms with E-state index in [0.29, 0.717) is 22.9 Å². The van der Waals surface area contributed by atoms with E-state index in [-0.39, 0.29) is 29.2 Å². The minimum Gasteiger partial charge on any atom is -0.332 e. The molecule has 0 radical (unpaired) electrons. The fraction of sp³-hybridized carbons (Fsp3) is 0.200. The Labute approximate surface area is 195 Å². The maximum absolute atomic E-state index is 14.2. The standard InChI is InChI=1S/C20H17F6N5O3S/c1-35(33,34)28-9-11-2-3-12(6-16(11)22)29-19(32)27-10-14-8-18(20(24,25)26)30-31(14)13-4-5-15(21)17(23)7-13/h2-8,28H,9-10H2,1H3,(H2,27,29,32). The first-order valence-electron chi connectivity index (χ1n) is 9.62. The summed E-state index contributed by atoms with van der Waals surface area (Å²) in [6, 6.07) is 5.53. The summed E-state index contributed by atoms with van der Waals surface area (Å²) in [5.74, 6) is -3.33. The number of sulfonamides is 1. The predicted molar refractivity (Wildman–Crippen MR) is 112 cm³/mol. The first-order valence-corrected chi connectivity index (χ1v) is 11.5. The van der Waals surface area contributed by atoms with E-state index in [1.807, 2.05) is 0 Å². The average molecular weight is 521 g/mol. The second-order valence-corrected chi connectivity index (χ2v) is 9.07. The molecule has 188 valence electrons. The summed E-state index contributed by atoms with van der Waals surface area (Å²) in [5.41, 5.74) is -1.74. The van der Waals surface area contributed by atoms with Crippen LogP contribution in [0.15, 0.2) is 42.5 Å². The van der Waals surface area contributed by atoms with Crippen LogP contribution in [0.4, 0.5) is 36.8 Å². The Morgan fingerprint density at radius 3 is 2.29 bits per heavy atom. The SMILES string of the molecule is CS(=O)(=O)NCc1ccc(NC(=O)NCc2cc(C(F)(F)F)nn2-c2ccc(F)c(F)c2)cc1F. The minimum atomic E-state index is -4.84. The molecule has 0 saturated heterocycles. The molecule has 0 spiro atoms. The molecule has 0 unspecified atom stereocenters. The number of alkyl halides is 3. The van der Waals surface area contributed by atoms with Gasteiger partial charge in [0.2, 0.25) is 10.0 Å². The molecule has 3 N–H and O–H groups in total. The Balaban J connectivity index is 1.73. The van der Waals surface area contributed by atoms with Gasteiger partial charge < -0.3 is 10.6 Å². The highest BCUT2D eigenvalue weighted by Crippen LogP contribution is 2.30. The van der Waals surface area contributed by atoms with Crippen molar-refractivity contribution in [3.05, 3.63) is 76.9 Å². The molecule has 0 aliphatic heterocycles. The van der Waals surface area contributed by atoms with E-state index in [1.54, 1.807) is 0 Å². The van der Waals surface area contributed by atoms with Gasteiger partial charge in [-0.15, -0.1) is 0 Å². The second-order valence-electron chi connectivity index (χ2n) is 7.24. The minimum absolute atomic E-state index is 0.0106. The number of amides is 2. The van der Waals surface area contributed by atoms with Crippen molar-refractivity contribution in [1.29, 1.82) is 0 Å². The zero-order valence-electron chi connectivity index (χ0n) is 17.8. The van der Waals surface area contributed by atoms with Gasteiger partial charge in [-0.2, -0.15) is 18.3 Å². The van der Waals surface area contributed by atoms with Crippen LogP contribution in [0.2, 0.25) is 0 Å². The molecule has 1 heterocycles. The molecular formula is C20H17F6N5O3S. The zero-order valence-corrected chi connectivity index (χ0v) is 18.6. The number of nitrogens with one attached hydrogen (secondary N) is 3. The fourth-order valence-electron chi connectivity index (χ4n) is 2.85. The lowest BCUT2D eigenvalue weighted by Gasteiger charge is -2.11. The summed E-state index contributed by atoms with van der Waals surface area (Å²) in [7, 11) is -3.55. The molecule has 35 heavy (non-hydrogen) atoms. The van der Waals surface area contributed by atoms with Crippen LogP contribution in [-0.2, 0) is 29.3 Å². The number of carbonyl (C=O) groups is 1. The van der Waals surface area contributed by atoms with Crippen LogP contribution < -0.4 is 15.4 Å². The molecule has 3 rings (SSSR count). The van der Waals surface area contributed by atoms with Gasteiger partial charge in [0, 0.05) is 23.9 Å². The number of nitrogens with zero attached hydrogens (tertiary/aromatic N) is 2. The summed E-state index contributed by atoms with van der Waals surface area (Å²) in [6.07, 6.45) is -3.94. The van der Waals surface area contributed by atoms with Crippen molar-refractivity contribution >= 4 is 21.7 Å². The van der Waals surface area contributed by atoms with Gasteiger partial charge in [0.05, 0.1) is 24.2 Å². The third-order valence-corrected chi connectivity index (χ3v) is 5.16. The normalized spacial score (nSPS) is 12.0. The van der Waals surface area contributed by atoms with E-state index in [4.69, 9.17) is 0 Å². The maximum Gasteiger partial charge on any atom is 0.435 e. The Kier molecular flexibility index (Phi) is 7.40. The van der Waals surface area contributed by atoms with Gasteiger partial charge in [-0.05, 0) is 30.3 Å². The Morgan fingerprint density at radius 1 is 0.971 bits per heavy atom. The van der Waals surface area contributed by atoms with Crippen LogP contribution >= 0.6 is 0 Å². The maximum atomic E-state index is 14.2. The lowest BCUT2D eigenvalue weighted by Crippen LogP contribution is -2.29. The smallest absolute Gasteiger partial charge is 0.332 e. The number of anilines is 1. The highest BCUT2D eigenvalue weighted by atomic mass is 32.2. The second kappa shape index (κ2) is 9.95. The van der Waals surface area contributed by atoms with E-state index in [9.17, 15) is 39.6 Å². The molecule has 2 aromatic carbocycles. The van der Waals surface area contributed by atoms with Crippen molar-refractivity contribution < 1.29 is 39.6 Å². The summed E-state index contributed by atoms with van der Waals surface area (Å²) in [4.78, 5) is 12.2. The molecule has 0 aliphatic carbocycles. The molecule has 3 aromatic rings. The van der Waals surface area contributed by atoms with Crippen LogP contribution in [0.1, 0.15) is 17.0 Å². The summed E-state index contributed by atoms with van der Waals surface area (Å²) < 4.78 is 105. The number of hydrogen-bond donors (Lipinski definition) is 3. The van der Waals surface area contributed by atoms with E-state index in [2.05, 4.69) is 20.5 Å². The lowest BCUT2D eigenvalue weighted by atomic mass is 10.2. The van der Waals surface area contributed by atoms with Crippen molar-refractivity contribution in [2.45, 2.75) is 19.3 Å². The number of urea groups is 1. The fourth-order valence-corrected chi connectivity index (χ4v) is 3.27. The lowest BCUT2D eigenvalue weighted by molar-refractivity contribution is -0.141. The largest absolute Gasteiger partial charge is 0.435 e. The Hall–Kier alpha value is -3.59. The van der Waals surface area contributed by atoms with Crippen LogP contribution in [0.25, 0.3) is 5.69 Å². The highest BCUT2D eigenvalue weighted by Gasteiger charge is 2.35.